The molecule has 0 spiro atoms. The van der Waals surface area contributed by atoms with Gasteiger partial charge in [-0.05, 0) is 18.2 Å². The summed E-state index contributed by atoms with van der Waals surface area (Å²) in [6.07, 6.45) is 0. The molecule has 4 rings (SSSR count). The fourth-order valence-electron chi connectivity index (χ4n) is 3.05. The highest BCUT2D eigenvalue weighted by Gasteiger charge is 2.39. The maximum Gasteiger partial charge on any atom is 0.279 e. The highest BCUT2D eigenvalue weighted by molar-refractivity contribution is 6.42. The molecule has 4 nitrogen and oxygen atoms in total. The molecule has 1 N–H and O–H groups in total. The Kier molecular flexibility index (Phi) is 5.38. The number of hydrogen-bond donors (Lipinski definition) is 1. The Morgan fingerprint density at radius 3 is 2.33 bits per heavy atom. The molecule has 3 saturated heterocycles. The van der Waals surface area contributed by atoms with Crippen LogP contribution in [-0.4, -0.2) is 61.1 Å². The minimum absolute atomic E-state index is 0. The lowest BCUT2D eigenvalue weighted by Crippen LogP contribution is -3.00. The lowest BCUT2D eigenvalue weighted by molar-refractivity contribution is -0.933. The van der Waals surface area contributed by atoms with Crippen LogP contribution >= 0.6 is 23.2 Å². The van der Waals surface area contributed by atoms with Crippen LogP contribution in [0, 0.1) is 0 Å². The van der Waals surface area contributed by atoms with Crippen LogP contribution in [-0.2, 0) is 4.79 Å². The van der Waals surface area contributed by atoms with Gasteiger partial charge in [-0.15, -0.1) is 0 Å². The van der Waals surface area contributed by atoms with Gasteiger partial charge in [0, 0.05) is 25.3 Å². The van der Waals surface area contributed by atoms with Gasteiger partial charge in [0.15, 0.2) is 6.54 Å². The van der Waals surface area contributed by atoms with E-state index in [9.17, 15) is 4.79 Å². The number of hydrogen-bond acceptors (Lipinski definition) is 2. The lowest BCUT2D eigenvalue weighted by Gasteiger charge is -2.50. The van der Waals surface area contributed by atoms with Crippen LogP contribution < -0.4 is 17.7 Å². The third-order valence-electron chi connectivity index (χ3n) is 4.35. The number of fused-ring (bicyclic) bond motifs is 3. The number of piperazine rings is 3. The van der Waals surface area contributed by atoms with E-state index in [1.165, 1.54) is 0 Å². The van der Waals surface area contributed by atoms with E-state index in [0.29, 0.717) is 22.3 Å². The predicted octanol–water partition coefficient (Wildman–Crippen LogP) is -0.918. The molecule has 3 fully saturated rings. The van der Waals surface area contributed by atoms with Gasteiger partial charge in [-0.2, -0.15) is 0 Å². The van der Waals surface area contributed by atoms with Crippen LogP contribution in [0.1, 0.15) is 0 Å². The van der Waals surface area contributed by atoms with E-state index in [4.69, 9.17) is 23.2 Å². The lowest BCUT2D eigenvalue weighted by atomic mass is 10.1. The van der Waals surface area contributed by atoms with Gasteiger partial charge in [0.1, 0.15) is 0 Å². The van der Waals surface area contributed by atoms with Crippen molar-refractivity contribution in [1.82, 2.24) is 4.90 Å². The van der Waals surface area contributed by atoms with Crippen LogP contribution in [0.25, 0.3) is 0 Å². The molecule has 1 amide bonds. The average molecular weight is 351 g/mol. The van der Waals surface area contributed by atoms with E-state index in [2.05, 4.69) is 10.2 Å². The molecule has 0 radical (unpaired) electrons. The first-order chi connectivity index (χ1) is 9.56. The molecule has 7 heteroatoms. The van der Waals surface area contributed by atoms with Gasteiger partial charge in [-0.1, -0.05) is 23.2 Å². The smallest absolute Gasteiger partial charge is 0.279 e. The van der Waals surface area contributed by atoms with Crippen molar-refractivity contribution in [2.45, 2.75) is 0 Å². The van der Waals surface area contributed by atoms with Gasteiger partial charge >= 0.3 is 0 Å². The molecule has 0 aliphatic carbocycles. The molecule has 0 atom stereocenters. The Morgan fingerprint density at radius 2 is 1.76 bits per heavy atom. The van der Waals surface area contributed by atoms with Gasteiger partial charge in [-0.3, -0.25) is 9.69 Å². The average Bonchev–Trinajstić information content (AvgIpc) is 2.44. The zero-order valence-electron chi connectivity index (χ0n) is 11.6. The Balaban J connectivity index is 0.00000161. The minimum atomic E-state index is 0. The highest BCUT2D eigenvalue weighted by Crippen LogP contribution is 2.25. The summed E-state index contributed by atoms with van der Waals surface area (Å²) in [5.74, 6) is 0.0544. The van der Waals surface area contributed by atoms with E-state index in [1.807, 2.05) is 0 Å². The van der Waals surface area contributed by atoms with Crippen molar-refractivity contribution in [2.24, 2.45) is 0 Å². The number of benzene rings is 1. The van der Waals surface area contributed by atoms with E-state index in [0.717, 1.165) is 43.8 Å². The summed E-state index contributed by atoms with van der Waals surface area (Å²) in [4.78, 5) is 14.7. The highest BCUT2D eigenvalue weighted by atomic mass is 35.5. The zero-order chi connectivity index (χ0) is 14.2. The standard InChI is InChI=1S/C14H17Cl2N3O.ClH/c15-12-2-1-11(9-13(12)16)17-14(20)10-19-6-3-18(4-7-19)5-8-19;/h1-2,9H,3-8,10H2;1H. The molecule has 0 unspecified atom stereocenters. The number of carbonyl (C=O) groups is 1. The molecule has 2 bridgehead atoms. The van der Waals surface area contributed by atoms with Crippen molar-refractivity contribution in [3.05, 3.63) is 28.2 Å². The monoisotopic (exact) mass is 349 g/mol. The van der Waals surface area contributed by atoms with Crippen molar-refractivity contribution in [1.29, 1.82) is 0 Å². The molecule has 1 aromatic carbocycles. The molecule has 3 aliphatic rings. The molecular formula is C14H18Cl3N3O. The second-order valence-corrected chi connectivity index (χ2v) is 6.50. The summed E-state index contributed by atoms with van der Waals surface area (Å²) in [6, 6.07) is 5.17. The van der Waals surface area contributed by atoms with Crippen LogP contribution in [0.5, 0.6) is 0 Å². The number of nitrogens with one attached hydrogen (secondary N) is 1. The molecule has 0 aromatic heterocycles. The summed E-state index contributed by atoms with van der Waals surface area (Å²) < 4.78 is 0.920. The minimum Gasteiger partial charge on any atom is -1.00 e. The Bertz CT molecular complexity index is 516. The number of nitrogens with zero attached hydrogens (tertiary/aromatic N) is 2. The van der Waals surface area contributed by atoms with E-state index in [1.54, 1.807) is 18.2 Å². The fraction of sp³-hybridized carbons (Fsp3) is 0.500. The fourth-order valence-corrected chi connectivity index (χ4v) is 3.35. The van der Waals surface area contributed by atoms with Crippen molar-refractivity contribution in [3.8, 4) is 0 Å². The van der Waals surface area contributed by atoms with Crippen LogP contribution in [0.3, 0.4) is 0 Å². The number of carbonyl (C=O) groups excluding carboxylic acids is 1. The third kappa shape index (κ3) is 3.82. The van der Waals surface area contributed by atoms with Gasteiger partial charge in [-0.25, -0.2) is 0 Å². The largest absolute Gasteiger partial charge is 1.00 e. The van der Waals surface area contributed by atoms with Crippen molar-refractivity contribution < 1.29 is 21.7 Å². The molecular weight excluding hydrogens is 333 g/mol. The SMILES string of the molecule is O=C(C[N+]12CCN(CC1)CC2)Nc1ccc(Cl)c(Cl)c1.[Cl-]. The van der Waals surface area contributed by atoms with Crippen molar-refractivity contribution >= 4 is 34.8 Å². The van der Waals surface area contributed by atoms with Crippen LogP contribution in [0.15, 0.2) is 18.2 Å². The van der Waals surface area contributed by atoms with E-state index in [-0.39, 0.29) is 18.3 Å². The summed E-state index contributed by atoms with van der Waals surface area (Å²) in [5, 5.41) is 3.88. The molecule has 0 saturated carbocycles. The first kappa shape index (κ1) is 16.8. The maximum atomic E-state index is 12.2. The topological polar surface area (TPSA) is 32.3 Å². The normalized spacial score (nSPS) is 27.0. The first-order valence-electron chi connectivity index (χ1n) is 6.89. The molecule has 3 heterocycles. The summed E-state index contributed by atoms with van der Waals surface area (Å²) in [5.41, 5.74) is 0.707. The van der Waals surface area contributed by atoms with Crippen LogP contribution in [0.4, 0.5) is 5.69 Å². The van der Waals surface area contributed by atoms with Gasteiger partial charge in [0.25, 0.3) is 5.91 Å². The third-order valence-corrected chi connectivity index (χ3v) is 5.09. The number of halogens is 3. The molecule has 116 valence electrons. The summed E-state index contributed by atoms with van der Waals surface area (Å²) in [6.45, 7) is 7.12. The van der Waals surface area contributed by atoms with Gasteiger partial charge in [0.05, 0.1) is 29.7 Å². The Hall–Kier alpha value is -0.520. The second kappa shape index (κ2) is 6.71. The first-order valence-corrected chi connectivity index (χ1v) is 7.64. The zero-order valence-corrected chi connectivity index (χ0v) is 13.9. The molecule has 21 heavy (non-hydrogen) atoms. The van der Waals surface area contributed by atoms with E-state index >= 15 is 0 Å². The maximum absolute atomic E-state index is 12.2. The second-order valence-electron chi connectivity index (χ2n) is 5.69. The Morgan fingerprint density at radius 1 is 1.14 bits per heavy atom. The molecule has 1 aromatic rings. The number of quaternary nitrogens is 1. The van der Waals surface area contributed by atoms with Crippen molar-refractivity contribution in [2.75, 3.05) is 51.1 Å². The van der Waals surface area contributed by atoms with Crippen LogP contribution in [0.2, 0.25) is 10.0 Å². The number of rotatable bonds is 3. The van der Waals surface area contributed by atoms with Crippen molar-refractivity contribution in [3.63, 3.8) is 0 Å². The summed E-state index contributed by atoms with van der Waals surface area (Å²) in [7, 11) is 0. The predicted molar refractivity (Wildman–Crippen MR) is 81.3 cm³/mol. The quantitative estimate of drug-likeness (QED) is 0.715. The Labute approximate surface area is 141 Å². The summed E-state index contributed by atoms with van der Waals surface area (Å²) >= 11 is 11.8. The number of anilines is 1. The van der Waals surface area contributed by atoms with Gasteiger partial charge in [0.2, 0.25) is 0 Å². The van der Waals surface area contributed by atoms with Gasteiger partial charge < -0.3 is 22.2 Å². The number of amides is 1. The molecule has 3 aliphatic heterocycles. The van der Waals surface area contributed by atoms with E-state index < -0.39 is 0 Å².